The molecule has 0 atom stereocenters. The lowest BCUT2D eigenvalue weighted by Crippen LogP contribution is -2.42. The van der Waals surface area contributed by atoms with Crippen molar-refractivity contribution in [3.8, 4) is 0 Å². The maximum absolute atomic E-state index is 5.31. The number of hydrogen-bond acceptors (Lipinski definition) is 3. The van der Waals surface area contributed by atoms with Crippen molar-refractivity contribution in [2.24, 2.45) is 10.8 Å². The predicted octanol–water partition coefficient (Wildman–Crippen LogP) is -0.229. The van der Waals surface area contributed by atoms with Crippen LogP contribution in [0.1, 0.15) is 19.2 Å². The van der Waals surface area contributed by atoms with Crippen LogP contribution in [-0.4, -0.2) is 29.0 Å². The van der Waals surface area contributed by atoms with Gasteiger partial charge in [-0.3, -0.25) is 10.4 Å². The van der Waals surface area contributed by atoms with Crippen LogP contribution >= 0.6 is 0 Å². The van der Waals surface area contributed by atoms with Crippen LogP contribution in [0.5, 0.6) is 0 Å². The fourth-order valence-corrected chi connectivity index (χ4v) is 1.11. The lowest BCUT2D eigenvalue weighted by Gasteiger charge is -2.07. The molecule has 6 nitrogen and oxygen atoms in total. The monoisotopic (exact) mass is 210 g/mol. The highest BCUT2D eigenvalue weighted by Crippen LogP contribution is 1.87. The number of hydrogen-bond donors (Lipinski definition) is 4. The van der Waals surface area contributed by atoms with E-state index in [4.69, 9.17) is 5.84 Å². The minimum absolute atomic E-state index is 0.628. The van der Waals surface area contributed by atoms with E-state index in [0.717, 1.165) is 31.8 Å². The molecule has 1 aromatic rings. The lowest BCUT2D eigenvalue weighted by atomic mass is 10.4. The first-order valence-corrected chi connectivity index (χ1v) is 5.10. The van der Waals surface area contributed by atoms with Crippen molar-refractivity contribution in [2.45, 2.75) is 19.8 Å². The minimum Gasteiger partial charge on any atom is -0.355 e. The molecule has 1 heterocycles. The van der Waals surface area contributed by atoms with Crippen LogP contribution in [0.3, 0.4) is 0 Å². The number of aliphatic imine (C=N–C) groups is 1. The normalized spacial score (nSPS) is 11.5. The van der Waals surface area contributed by atoms with E-state index in [2.05, 4.69) is 32.6 Å². The Kier molecular flexibility index (Phi) is 5.24. The van der Waals surface area contributed by atoms with Gasteiger partial charge in [-0.2, -0.15) is 0 Å². The van der Waals surface area contributed by atoms with Crippen molar-refractivity contribution in [1.29, 1.82) is 0 Å². The van der Waals surface area contributed by atoms with Crippen molar-refractivity contribution in [3.63, 3.8) is 0 Å². The van der Waals surface area contributed by atoms with Crippen LogP contribution < -0.4 is 16.6 Å². The summed E-state index contributed by atoms with van der Waals surface area (Å²) in [5.74, 6) is 6.89. The molecule has 0 aliphatic heterocycles. The molecule has 0 aromatic carbocycles. The van der Waals surface area contributed by atoms with Gasteiger partial charge in [-0.05, 0) is 6.42 Å². The van der Waals surface area contributed by atoms with E-state index in [9.17, 15) is 0 Å². The van der Waals surface area contributed by atoms with Crippen molar-refractivity contribution >= 4 is 5.96 Å². The third-order valence-electron chi connectivity index (χ3n) is 1.84. The Balaban J connectivity index is 2.23. The molecule has 0 amide bonds. The number of guanidine groups is 1. The Morgan fingerprint density at radius 3 is 3.13 bits per heavy atom. The first-order valence-electron chi connectivity index (χ1n) is 5.10. The van der Waals surface area contributed by atoms with E-state index in [1.165, 1.54) is 0 Å². The van der Waals surface area contributed by atoms with Gasteiger partial charge in [0.2, 0.25) is 5.96 Å². The summed E-state index contributed by atoms with van der Waals surface area (Å²) < 4.78 is 0. The average molecular weight is 210 g/mol. The summed E-state index contributed by atoms with van der Waals surface area (Å²) in [7, 11) is 0. The van der Waals surface area contributed by atoms with Crippen molar-refractivity contribution < 1.29 is 0 Å². The van der Waals surface area contributed by atoms with Crippen molar-refractivity contribution in [2.75, 3.05) is 13.1 Å². The second kappa shape index (κ2) is 6.83. The Bertz CT molecular complexity index is 279. The van der Waals surface area contributed by atoms with Gasteiger partial charge in [0.25, 0.3) is 0 Å². The summed E-state index contributed by atoms with van der Waals surface area (Å²) in [4.78, 5) is 11.4. The maximum atomic E-state index is 5.31. The molecule has 0 saturated carbocycles. The van der Waals surface area contributed by atoms with Crippen LogP contribution in [0.25, 0.3) is 0 Å². The number of nitrogens with two attached hydrogens (primary N) is 1. The number of H-pyrrole nitrogens is 1. The highest BCUT2D eigenvalue weighted by atomic mass is 15.3. The summed E-state index contributed by atoms with van der Waals surface area (Å²) in [6, 6.07) is 0. The Hall–Kier alpha value is -1.56. The molecule has 0 bridgehead atoms. The van der Waals surface area contributed by atoms with E-state index < -0.39 is 0 Å². The van der Waals surface area contributed by atoms with Crippen LogP contribution in [0.15, 0.2) is 17.4 Å². The van der Waals surface area contributed by atoms with Crippen LogP contribution in [0.4, 0.5) is 0 Å². The summed E-state index contributed by atoms with van der Waals surface area (Å²) in [5.41, 5.74) is 2.53. The minimum atomic E-state index is 0.628. The largest absolute Gasteiger partial charge is 0.355 e. The molecule has 0 aliphatic rings. The van der Waals surface area contributed by atoms with Crippen molar-refractivity contribution in [3.05, 3.63) is 18.2 Å². The molecular weight excluding hydrogens is 192 g/mol. The molecule has 0 unspecified atom stereocenters. The van der Waals surface area contributed by atoms with Gasteiger partial charge >= 0.3 is 0 Å². The first kappa shape index (κ1) is 11.5. The Morgan fingerprint density at radius 1 is 1.67 bits per heavy atom. The molecule has 0 fully saturated rings. The molecule has 84 valence electrons. The number of aromatic nitrogens is 2. The summed E-state index contributed by atoms with van der Waals surface area (Å²) in [6.07, 6.45) is 5.37. The van der Waals surface area contributed by atoms with Gasteiger partial charge in [-0.15, -0.1) is 0 Å². The van der Waals surface area contributed by atoms with Crippen LogP contribution in [0.2, 0.25) is 0 Å². The number of aromatic amines is 1. The zero-order valence-electron chi connectivity index (χ0n) is 8.95. The van der Waals surface area contributed by atoms with E-state index in [1.807, 2.05) is 6.20 Å². The molecule has 1 rings (SSSR count). The van der Waals surface area contributed by atoms with Crippen molar-refractivity contribution in [1.82, 2.24) is 20.7 Å². The number of imidazole rings is 1. The van der Waals surface area contributed by atoms with Gasteiger partial charge in [-0.1, -0.05) is 6.92 Å². The number of nitrogens with one attached hydrogen (secondary N) is 3. The molecule has 0 spiro atoms. The van der Waals surface area contributed by atoms with Gasteiger partial charge < -0.3 is 10.3 Å². The van der Waals surface area contributed by atoms with Gasteiger partial charge in [0.15, 0.2) is 0 Å². The molecule has 15 heavy (non-hydrogen) atoms. The molecule has 1 aromatic heterocycles. The van der Waals surface area contributed by atoms with E-state index in [-0.39, 0.29) is 0 Å². The Labute approximate surface area is 89.4 Å². The molecule has 0 radical (unpaired) electrons. The fourth-order valence-electron chi connectivity index (χ4n) is 1.11. The molecular formula is C9H18N6. The summed E-state index contributed by atoms with van der Waals surface area (Å²) >= 11 is 0. The maximum Gasteiger partial charge on any atom is 0.205 e. The smallest absolute Gasteiger partial charge is 0.205 e. The molecule has 0 saturated heterocycles. The third-order valence-corrected chi connectivity index (χ3v) is 1.84. The highest BCUT2D eigenvalue weighted by molar-refractivity contribution is 5.79. The third kappa shape index (κ3) is 4.46. The van der Waals surface area contributed by atoms with Gasteiger partial charge in [0.05, 0.1) is 0 Å². The number of hydrazine groups is 1. The molecule has 5 N–H and O–H groups in total. The zero-order chi connectivity index (χ0) is 10.9. The zero-order valence-corrected chi connectivity index (χ0v) is 8.95. The number of nitrogens with zero attached hydrogens (tertiary/aromatic N) is 2. The first-order chi connectivity index (χ1) is 7.36. The van der Waals surface area contributed by atoms with Crippen LogP contribution in [-0.2, 0) is 6.42 Å². The second-order valence-electron chi connectivity index (χ2n) is 3.09. The number of rotatable bonds is 5. The van der Waals surface area contributed by atoms with E-state index >= 15 is 0 Å². The fraction of sp³-hybridized carbons (Fsp3) is 0.556. The Morgan fingerprint density at radius 2 is 2.53 bits per heavy atom. The van der Waals surface area contributed by atoms with Crippen LogP contribution in [0, 0.1) is 0 Å². The topological polar surface area (TPSA) is 91.1 Å². The lowest BCUT2D eigenvalue weighted by molar-refractivity contribution is 0.778. The van der Waals surface area contributed by atoms with E-state index in [1.54, 1.807) is 6.20 Å². The van der Waals surface area contributed by atoms with E-state index in [0.29, 0.717) is 5.96 Å². The summed E-state index contributed by atoms with van der Waals surface area (Å²) in [5, 5.41) is 3.10. The highest BCUT2D eigenvalue weighted by Gasteiger charge is 1.96. The molecule has 6 heteroatoms. The summed E-state index contributed by atoms with van der Waals surface area (Å²) in [6.45, 7) is 3.59. The van der Waals surface area contributed by atoms with Gasteiger partial charge in [0, 0.05) is 31.9 Å². The second-order valence-corrected chi connectivity index (χ2v) is 3.09. The quantitative estimate of drug-likeness (QED) is 0.234. The average Bonchev–Trinajstić information content (AvgIpc) is 2.76. The van der Waals surface area contributed by atoms with Gasteiger partial charge in [-0.25, -0.2) is 10.8 Å². The molecule has 0 aliphatic carbocycles. The SMILES string of the molecule is CCCN=C(NN)NCCc1ncc[nH]1. The standard InChI is InChI=1S/C9H18N6/c1-2-4-13-9(15-10)14-5-3-8-11-6-7-12-8/h6-7H,2-5,10H2,1H3,(H,11,12)(H2,13,14,15). The predicted molar refractivity (Wildman–Crippen MR) is 60.2 cm³/mol. The van der Waals surface area contributed by atoms with Gasteiger partial charge in [0.1, 0.15) is 5.82 Å².